The fourth-order valence-corrected chi connectivity index (χ4v) is 1.56. The van der Waals surface area contributed by atoms with E-state index in [1.807, 2.05) is 6.08 Å². The van der Waals surface area contributed by atoms with Crippen molar-refractivity contribution in [2.75, 3.05) is 6.61 Å². The van der Waals surface area contributed by atoms with E-state index in [0.29, 0.717) is 6.61 Å². The normalized spacial score (nSPS) is 21.5. The Labute approximate surface area is 85.3 Å². The van der Waals surface area contributed by atoms with Gasteiger partial charge in [0.25, 0.3) is 0 Å². The summed E-state index contributed by atoms with van der Waals surface area (Å²) in [6, 6.07) is 0. The molecule has 14 heavy (non-hydrogen) atoms. The van der Waals surface area contributed by atoms with Gasteiger partial charge in [0, 0.05) is 5.70 Å². The van der Waals surface area contributed by atoms with Crippen LogP contribution in [0.15, 0.2) is 11.8 Å². The molecule has 3 nitrogen and oxygen atoms in total. The molecule has 0 aromatic rings. The van der Waals surface area contributed by atoms with Crippen LogP contribution in [0.5, 0.6) is 0 Å². The van der Waals surface area contributed by atoms with Crippen LogP contribution < -0.4 is 5.73 Å². The molecule has 0 saturated carbocycles. The molecule has 0 bridgehead atoms. The van der Waals surface area contributed by atoms with E-state index in [-0.39, 0.29) is 11.9 Å². The molecule has 80 valence electrons. The lowest BCUT2D eigenvalue weighted by atomic mass is 9.94. The molecule has 1 rings (SSSR count). The fraction of sp³-hybridized carbons (Fsp3) is 0.727. The van der Waals surface area contributed by atoms with Crippen LogP contribution in [0.3, 0.4) is 0 Å². The molecule has 1 aliphatic carbocycles. The van der Waals surface area contributed by atoms with Crippen molar-refractivity contribution in [1.29, 1.82) is 0 Å². The van der Waals surface area contributed by atoms with Crippen molar-refractivity contribution in [3.63, 3.8) is 0 Å². The van der Waals surface area contributed by atoms with E-state index >= 15 is 0 Å². The van der Waals surface area contributed by atoms with Gasteiger partial charge >= 0.3 is 5.97 Å². The van der Waals surface area contributed by atoms with Gasteiger partial charge in [0.05, 0.1) is 12.5 Å². The van der Waals surface area contributed by atoms with Crippen LogP contribution in [-0.4, -0.2) is 12.6 Å². The number of unbranched alkanes of at least 4 members (excludes halogenated alkanes) is 1. The first-order valence-electron chi connectivity index (χ1n) is 5.37. The number of carbonyl (C=O) groups excluding carboxylic acids is 1. The minimum atomic E-state index is -0.110. The Morgan fingerprint density at radius 3 is 3.14 bits per heavy atom. The smallest absolute Gasteiger partial charge is 0.312 e. The number of esters is 1. The number of allylic oxidation sites excluding steroid dienone is 1. The quantitative estimate of drug-likeness (QED) is 0.553. The first-order chi connectivity index (χ1) is 6.74. The van der Waals surface area contributed by atoms with Crippen LogP contribution >= 0.6 is 0 Å². The van der Waals surface area contributed by atoms with E-state index in [0.717, 1.165) is 37.8 Å². The Bertz CT molecular complexity index is 223. The summed E-state index contributed by atoms with van der Waals surface area (Å²) in [4.78, 5) is 11.5. The topological polar surface area (TPSA) is 52.3 Å². The minimum Gasteiger partial charge on any atom is -0.465 e. The molecule has 0 spiro atoms. The first kappa shape index (κ1) is 11.1. The van der Waals surface area contributed by atoms with Gasteiger partial charge in [-0.15, -0.1) is 0 Å². The van der Waals surface area contributed by atoms with Crippen molar-refractivity contribution >= 4 is 5.97 Å². The van der Waals surface area contributed by atoms with Gasteiger partial charge in [-0.2, -0.15) is 0 Å². The summed E-state index contributed by atoms with van der Waals surface area (Å²) in [7, 11) is 0. The zero-order valence-electron chi connectivity index (χ0n) is 8.79. The second-order valence-corrected chi connectivity index (χ2v) is 3.76. The lowest BCUT2D eigenvalue weighted by Gasteiger charge is -2.17. The zero-order chi connectivity index (χ0) is 10.4. The highest BCUT2D eigenvalue weighted by atomic mass is 16.5. The van der Waals surface area contributed by atoms with Crippen LogP contribution in [0.4, 0.5) is 0 Å². The van der Waals surface area contributed by atoms with Crippen molar-refractivity contribution in [3.05, 3.63) is 11.8 Å². The van der Waals surface area contributed by atoms with Crippen molar-refractivity contribution in [2.45, 2.75) is 39.0 Å². The minimum absolute atomic E-state index is 0.0967. The third kappa shape index (κ3) is 3.40. The molecule has 2 N–H and O–H groups in total. The molecule has 1 atom stereocenters. The van der Waals surface area contributed by atoms with E-state index in [2.05, 4.69) is 6.92 Å². The van der Waals surface area contributed by atoms with E-state index in [1.54, 1.807) is 0 Å². The number of hydrogen-bond acceptors (Lipinski definition) is 3. The molecule has 0 heterocycles. The first-order valence-corrected chi connectivity index (χ1v) is 5.37. The summed E-state index contributed by atoms with van der Waals surface area (Å²) in [5.74, 6) is -0.207. The van der Waals surface area contributed by atoms with Crippen LogP contribution in [-0.2, 0) is 9.53 Å². The molecule has 0 radical (unpaired) electrons. The number of carbonyl (C=O) groups is 1. The van der Waals surface area contributed by atoms with E-state index in [9.17, 15) is 4.79 Å². The molecule has 3 heteroatoms. The maximum Gasteiger partial charge on any atom is 0.312 e. The zero-order valence-corrected chi connectivity index (χ0v) is 8.79. The van der Waals surface area contributed by atoms with Gasteiger partial charge in [-0.3, -0.25) is 4.79 Å². The molecule has 0 aromatic heterocycles. The van der Waals surface area contributed by atoms with Gasteiger partial charge in [-0.05, 0) is 25.7 Å². The number of hydrogen-bond donors (Lipinski definition) is 1. The van der Waals surface area contributed by atoms with E-state index in [1.165, 1.54) is 0 Å². The van der Waals surface area contributed by atoms with Crippen LogP contribution in [0, 0.1) is 5.92 Å². The third-order valence-corrected chi connectivity index (χ3v) is 2.44. The molecular formula is C11H19NO2. The molecular weight excluding hydrogens is 178 g/mol. The maximum absolute atomic E-state index is 11.5. The molecule has 0 saturated heterocycles. The largest absolute Gasteiger partial charge is 0.465 e. The summed E-state index contributed by atoms with van der Waals surface area (Å²) >= 11 is 0. The van der Waals surface area contributed by atoms with Crippen molar-refractivity contribution in [1.82, 2.24) is 0 Å². The predicted octanol–water partition coefficient (Wildman–Crippen LogP) is 1.97. The highest BCUT2D eigenvalue weighted by Gasteiger charge is 2.20. The number of ether oxygens (including phenoxy) is 1. The summed E-state index contributed by atoms with van der Waals surface area (Å²) in [5, 5.41) is 0. The molecule has 0 aliphatic heterocycles. The van der Waals surface area contributed by atoms with Gasteiger partial charge in [-0.25, -0.2) is 0 Å². The highest BCUT2D eigenvalue weighted by Crippen LogP contribution is 2.21. The van der Waals surface area contributed by atoms with Gasteiger partial charge in [0.15, 0.2) is 0 Å². The van der Waals surface area contributed by atoms with Crippen molar-refractivity contribution < 1.29 is 9.53 Å². The molecule has 0 amide bonds. The predicted molar refractivity (Wildman–Crippen MR) is 55.5 cm³/mol. The van der Waals surface area contributed by atoms with Crippen LogP contribution in [0.25, 0.3) is 0 Å². The molecule has 1 aliphatic rings. The number of rotatable bonds is 4. The van der Waals surface area contributed by atoms with Crippen LogP contribution in [0.2, 0.25) is 0 Å². The lowest BCUT2D eigenvalue weighted by molar-refractivity contribution is -0.147. The standard InChI is InChI=1S/C11H19NO2/c1-2-3-7-14-11(13)9-5-4-6-10(12)8-9/h8-9H,2-7,12H2,1H3/t9-/m0/s1. The summed E-state index contributed by atoms with van der Waals surface area (Å²) in [6.45, 7) is 2.62. The Hall–Kier alpha value is -0.990. The fourth-order valence-electron chi connectivity index (χ4n) is 1.56. The van der Waals surface area contributed by atoms with Crippen molar-refractivity contribution in [3.8, 4) is 0 Å². The van der Waals surface area contributed by atoms with Gasteiger partial charge in [0.1, 0.15) is 0 Å². The maximum atomic E-state index is 11.5. The molecule has 0 unspecified atom stereocenters. The van der Waals surface area contributed by atoms with Gasteiger partial charge in [0.2, 0.25) is 0 Å². The Balaban J connectivity index is 2.33. The Kier molecular flexibility index (Phi) is 4.50. The number of nitrogens with two attached hydrogens (primary N) is 1. The average molecular weight is 197 g/mol. The highest BCUT2D eigenvalue weighted by molar-refractivity contribution is 5.74. The second kappa shape index (κ2) is 5.68. The second-order valence-electron chi connectivity index (χ2n) is 3.76. The Morgan fingerprint density at radius 2 is 2.50 bits per heavy atom. The average Bonchev–Trinajstić information content (AvgIpc) is 2.18. The summed E-state index contributed by atoms with van der Waals surface area (Å²) in [5.41, 5.74) is 6.50. The lowest BCUT2D eigenvalue weighted by Crippen LogP contribution is -2.21. The van der Waals surface area contributed by atoms with Crippen molar-refractivity contribution in [2.24, 2.45) is 11.7 Å². The summed E-state index contributed by atoms with van der Waals surface area (Å²) < 4.78 is 5.13. The third-order valence-electron chi connectivity index (χ3n) is 2.44. The van der Waals surface area contributed by atoms with Gasteiger partial charge < -0.3 is 10.5 Å². The van der Waals surface area contributed by atoms with Crippen LogP contribution in [0.1, 0.15) is 39.0 Å². The monoisotopic (exact) mass is 197 g/mol. The SMILES string of the molecule is CCCCOC(=O)[C@@H]1C=C(N)CCC1. The molecule has 0 fully saturated rings. The molecule has 0 aromatic carbocycles. The van der Waals surface area contributed by atoms with E-state index < -0.39 is 0 Å². The summed E-state index contributed by atoms with van der Waals surface area (Å²) in [6.07, 6.45) is 6.63. The Morgan fingerprint density at radius 1 is 1.71 bits per heavy atom. The van der Waals surface area contributed by atoms with Gasteiger partial charge in [-0.1, -0.05) is 19.4 Å². The van der Waals surface area contributed by atoms with E-state index in [4.69, 9.17) is 10.5 Å².